The number of aromatic amines is 1. The number of aliphatic hydroxyl groups is 2. The molecule has 214 valence electrons. The van der Waals surface area contributed by atoms with E-state index in [1.54, 1.807) is 13.0 Å². The number of aromatic nitrogens is 1. The third-order valence-corrected chi connectivity index (χ3v) is 7.86. The normalized spacial score (nSPS) is 16.4. The number of nitrogens with one attached hydrogen (secondary N) is 2. The first-order chi connectivity index (χ1) is 18.9. The van der Waals surface area contributed by atoms with Crippen molar-refractivity contribution in [3.8, 4) is 11.5 Å². The Hall–Kier alpha value is -2.74. The van der Waals surface area contributed by atoms with Crippen LogP contribution in [0.15, 0.2) is 47.0 Å². The summed E-state index contributed by atoms with van der Waals surface area (Å²) in [6, 6.07) is 11.5. The van der Waals surface area contributed by atoms with Gasteiger partial charge < -0.3 is 34.8 Å². The van der Waals surface area contributed by atoms with Gasteiger partial charge in [-0.2, -0.15) is 0 Å². The molecule has 3 aromatic rings. The average molecular weight is 539 g/mol. The van der Waals surface area contributed by atoms with Crippen LogP contribution in [-0.4, -0.2) is 46.1 Å². The standard InChI is InChI=1S/C32H46N2O5/c1-3-4-9-26-13-14-27(39-26)12-10-23-11-15-30(36)32(16-23)38-21-31(37)29-17-25(19-34-29)28(20-33-18-22(2)35)24-7-5-6-8-24/h11,13-17,19,22,24,28,31,33-37H,3-10,12,18,20-21H2,1-2H3. The highest BCUT2D eigenvalue weighted by molar-refractivity contribution is 5.42. The maximum absolute atomic E-state index is 10.9. The Morgan fingerprint density at radius 1 is 1.03 bits per heavy atom. The molecule has 1 aliphatic carbocycles. The summed E-state index contributed by atoms with van der Waals surface area (Å²) in [5, 5.41) is 34.3. The van der Waals surface area contributed by atoms with Crippen LogP contribution in [0.1, 0.15) is 92.7 Å². The number of H-pyrrole nitrogens is 1. The molecule has 1 aliphatic rings. The Balaban J connectivity index is 1.32. The second-order valence-corrected chi connectivity index (χ2v) is 11.1. The summed E-state index contributed by atoms with van der Waals surface area (Å²) in [6.45, 7) is 5.37. The first-order valence-corrected chi connectivity index (χ1v) is 14.7. The van der Waals surface area contributed by atoms with Crippen molar-refractivity contribution in [1.82, 2.24) is 10.3 Å². The minimum Gasteiger partial charge on any atom is -0.504 e. The SMILES string of the molecule is CCCCc1ccc(CCc2ccc(O)c(OCC(O)c3cc(C(CNCC(C)O)C4CCCC4)c[nH]3)c2)o1. The third-order valence-electron chi connectivity index (χ3n) is 7.86. The number of unbranched alkanes of at least 4 members (excludes halogenated alkanes) is 1. The van der Waals surface area contributed by atoms with Gasteiger partial charge in [0.05, 0.1) is 6.10 Å². The molecule has 1 saturated carbocycles. The average Bonchev–Trinajstić information content (AvgIpc) is 3.71. The molecular weight excluding hydrogens is 492 g/mol. The van der Waals surface area contributed by atoms with Gasteiger partial charge in [-0.1, -0.05) is 32.3 Å². The van der Waals surface area contributed by atoms with Crippen molar-refractivity contribution in [2.45, 2.75) is 89.8 Å². The number of rotatable bonds is 16. The van der Waals surface area contributed by atoms with Gasteiger partial charge in [0.15, 0.2) is 11.5 Å². The molecular formula is C32H46N2O5. The second-order valence-electron chi connectivity index (χ2n) is 11.1. The van der Waals surface area contributed by atoms with Crippen molar-refractivity contribution in [2.75, 3.05) is 19.7 Å². The Kier molecular flexibility index (Phi) is 10.9. The first-order valence-electron chi connectivity index (χ1n) is 14.7. The van der Waals surface area contributed by atoms with Crippen molar-refractivity contribution >= 4 is 0 Å². The van der Waals surface area contributed by atoms with Crippen LogP contribution in [0.4, 0.5) is 0 Å². The van der Waals surface area contributed by atoms with E-state index in [2.05, 4.69) is 23.3 Å². The number of hydrogen-bond acceptors (Lipinski definition) is 6. The van der Waals surface area contributed by atoms with Crippen molar-refractivity contribution in [2.24, 2.45) is 5.92 Å². The monoisotopic (exact) mass is 538 g/mol. The molecule has 39 heavy (non-hydrogen) atoms. The number of aromatic hydroxyl groups is 1. The fourth-order valence-corrected chi connectivity index (χ4v) is 5.60. The lowest BCUT2D eigenvalue weighted by atomic mass is 9.86. The van der Waals surface area contributed by atoms with Gasteiger partial charge in [-0.3, -0.25) is 0 Å². The molecule has 2 aromatic heterocycles. The lowest BCUT2D eigenvalue weighted by Gasteiger charge is -2.23. The molecule has 0 amide bonds. The van der Waals surface area contributed by atoms with E-state index in [4.69, 9.17) is 9.15 Å². The minimum absolute atomic E-state index is 0.0321. The highest BCUT2D eigenvalue weighted by Gasteiger charge is 2.27. The number of phenolic OH excluding ortho intramolecular Hbond substituents is 1. The smallest absolute Gasteiger partial charge is 0.161 e. The fraction of sp³-hybridized carbons (Fsp3) is 0.562. The van der Waals surface area contributed by atoms with E-state index in [0.717, 1.165) is 55.7 Å². The van der Waals surface area contributed by atoms with Crippen LogP contribution in [0, 0.1) is 5.92 Å². The van der Waals surface area contributed by atoms with E-state index in [1.165, 1.54) is 31.2 Å². The van der Waals surface area contributed by atoms with Gasteiger partial charge >= 0.3 is 0 Å². The zero-order valence-corrected chi connectivity index (χ0v) is 23.5. The molecule has 0 saturated heterocycles. The molecule has 0 bridgehead atoms. The molecule has 5 N–H and O–H groups in total. The fourth-order valence-electron chi connectivity index (χ4n) is 5.60. The summed E-state index contributed by atoms with van der Waals surface area (Å²) in [5.41, 5.74) is 2.92. The zero-order valence-electron chi connectivity index (χ0n) is 23.5. The van der Waals surface area contributed by atoms with Crippen LogP contribution >= 0.6 is 0 Å². The maximum Gasteiger partial charge on any atom is 0.161 e. The Morgan fingerprint density at radius 2 is 1.79 bits per heavy atom. The van der Waals surface area contributed by atoms with E-state index in [-0.39, 0.29) is 18.5 Å². The van der Waals surface area contributed by atoms with Crippen LogP contribution in [0.3, 0.4) is 0 Å². The molecule has 0 aliphatic heterocycles. The largest absolute Gasteiger partial charge is 0.504 e. The van der Waals surface area contributed by atoms with Crippen LogP contribution in [-0.2, 0) is 19.3 Å². The van der Waals surface area contributed by atoms with E-state index in [9.17, 15) is 15.3 Å². The van der Waals surface area contributed by atoms with Gasteiger partial charge in [0.1, 0.15) is 24.2 Å². The summed E-state index contributed by atoms with van der Waals surface area (Å²) in [6.07, 6.45) is 10.5. The molecule has 7 heteroatoms. The van der Waals surface area contributed by atoms with Crippen molar-refractivity contribution in [3.63, 3.8) is 0 Å². The molecule has 2 heterocycles. The molecule has 0 spiro atoms. The minimum atomic E-state index is -0.846. The maximum atomic E-state index is 10.9. The van der Waals surface area contributed by atoms with Gasteiger partial charge in [0.2, 0.25) is 0 Å². The molecule has 1 fully saturated rings. The lowest BCUT2D eigenvalue weighted by molar-refractivity contribution is 0.103. The summed E-state index contributed by atoms with van der Waals surface area (Å²) >= 11 is 0. The number of aryl methyl sites for hydroxylation is 3. The number of furan rings is 1. The summed E-state index contributed by atoms with van der Waals surface area (Å²) in [5.74, 6) is 3.37. The van der Waals surface area contributed by atoms with Crippen LogP contribution in [0.25, 0.3) is 0 Å². The molecule has 4 rings (SSSR count). The van der Waals surface area contributed by atoms with E-state index in [0.29, 0.717) is 29.8 Å². The summed E-state index contributed by atoms with van der Waals surface area (Å²) in [4.78, 5) is 3.24. The highest BCUT2D eigenvalue weighted by Crippen LogP contribution is 2.38. The predicted octanol–water partition coefficient (Wildman–Crippen LogP) is 5.80. The number of phenols is 1. The number of benzene rings is 1. The molecule has 3 atom stereocenters. The van der Waals surface area contributed by atoms with Crippen molar-refractivity contribution < 1.29 is 24.5 Å². The van der Waals surface area contributed by atoms with Gasteiger partial charge in [-0.25, -0.2) is 0 Å². The van der Waals surface area contributed by atoms with Gasteiger partial charge in [0, 0.05) is 43.7 Å². The lowest BCUT2D eigenvalue weighted by Crippen LogP contribution is -2.31. The van der Waals surface area contributed by atoms with E-state index >= 15 is 0 Å². The van der Waals surface area contributed by atoms with Gasteiger partial charge in [-0.05, 0) is 80.0 Å². The third kappa shape index (κ3) is 8.62. The van der Waals surface area contributed by atoms with Crippen LogP contribution in [0.2, 0.25) is 0 Å². The van der Waals surface area contributed by atoms with Crippen LogP contribution < -0.4 is 10.1 Å². The van der Waals surface area contributed by atoms with Gasteiger partial charge in [-0.15, -0.1) is 0 Å². The van der Waals surface area contributed by atoms with E-state index < -0.39 is 6.10 Å². The predicted molar refractivity (Wildman–Crippen MR) is 153 cm³/mol. The van der Waals surface area contributed by atoms with E-state index in [1.807, 2.05) is 30.5 Å². The van der Waals surface area contributed by atoms with Crippen LogP contribution in [0.5, 0.6) is 11.5 Å². The second kappa shape index (κ2) is 14.6. The molecule has 0 radical (unpaired) electrons. The zero-order chi connectivity index (χ0) is 27.6. The Labute approximate surface area is 232 Å². The topological polar surface area (TPSA) is 111 Å². The summed E-state index contributed by atoms with van der Waals surface area (Å²) < 4.78 is 11.8. The number of ether oxygens (including phenoxy) is 1. The van der Waals surface area contributed by atoms with Crippen molar-refractivity contribution in [1.29, 1.82) is 0 Å². The number of aliphatic hydroxyl groups excluding tert-OH is 2. The number of hydrogen-bond donors (Lipinski definition) is 5. The van der Waals surface area contributed by atoms with Gasteiger partial charge in [0.25, 0.3) is 0 Å². The summed E-state index contributed by atoms with van der Waals surface area (Å²) in [7, 11) is 0. The molecule has 7 nitrogen and oxygen atoms in total. The quantitative estimate of drug-likeness (QED) is 0.158. The first kappa shape index (κ1) is 29.2. The molecule has 1 aromatic carbocycles. The van der Waals surface area contributed by atoms with Crippen molar-refractivity contribution in [3.05, 3.63) is 70.9 Å². The Bertz CT molecular complexity index is 1130. The highest BCUT2D eigenvalue weighted by atomic mass is 16.5. The Morgan fingerprint density at radius 3 is 2.54 bits per heavy atom. The molecule has 3 unspecified atom stereocenters.